The van der Waals surface area contributed by atoms with Crippen LogP contribution in [0, 0.1) is 11.7 Å². The van der Waals surface area contributed by atoms with Gasteiger partial charge < -0.3 is 15.4 Å². The Morgan fingerprint density at radius 3 is 2.47 bits per heavy atom. The van der Waals surface area contributed by atoms with Crippen molar-refractivity contribution < 1.29 is 18.7 Å². The predicted octanol–water partition coefficient (Wildman–Crippen LogP) is 4.91. The van der Waals surface area contributed by atoms with Crippen molar-refractivity contribution in [3.05, 3.63) is 70.9 Å². The maximum absolute atomic E-state index is 13.8. The van der Waals surface area contributed by atoms with Gasteiger partial charge in [0.25, 0.3) is 5.91 Å². The molecular weight excluding hydrogens is 427 g/mol. The lowest BCUT2D eigenvalue weighted by Crippen LogP contribution is -2.51. The van der Waals surface area contributed by atoms with Crippen molar-refractivity contribution in [1.82, 2.24) is 4.90 Å². The Balaban J connectivity index is 1.51. The maximum Gasteiger partial charge on any atom is 0.349 e. The van der Waals surface area contributed by atoms with Crippen molar-refractivity contribution in [3.8, 4) is 0 Å². The number of nitrogens with zero attached hydrogens (tertiary/aromatic N) is 1. The first-order valence-corrected chi connectivity index (χ1v) is 11.5. The molecule has 1 unspecified atom stereocenters. The monoisotopic (exact) mass is 454 g/mol. The first-order chi connectivity index (χ1) is 15.3. The normalized spacial score (nSPS) is 22.1. The van der Waals surface area contributed by atoms with Crippen LogP contribution in [-0.4, -0.2) is 36.5 Å². The summed E-state index contributed by atoms with van der Waals surface area (Å²) < 4.78 is 20.6. The van der Waals surface area contributed by atoms with Crippen LogP contribution in [0.25, 0.3) is 10.1 Å². The molecule has 1 saturated carbocycles. The van der Waals surface area contributed by atoms with Gasteiger partial charge in [0, 0.05) is 10.7 Å². The number of fused-ring (bicyclic) bond motifs is 1. The highest BCUT2D eigenvalue weighted by Gasteiger charge is 2.46. The number of carbonyl (C=O) groups excluding carboxylic acids is 2. The summed E-state index contributed by atoms with van der Waals surface area (Å²) in [5, 5.41) is 0.963. The van der Waals surface area contributed by atoms with Gasteiger partial charge in [0.1, 0.15) is 10.7 Å². The summed E-state index contributed by atoms with van der Waals surface area (Å²) >= 11 is 1.34. The lowest BCUT2D eigenvalue weighted by Gasteiger charge is -2.41. The summed E-state index contributed by atoms with van der Waals surface area (Å²) in [6.07, 6.45) is 1.98. The van der Waals surface area contributed by atoms with Crippen molar-refractivity contribution in [3.63, 3.8) is 0 Å². The average Bonchev–Trinajstić information content (AvgIpc) is 3.19. The van der Waals surface area contributed by atoms with Crippen LogP contribution in [0.15, 0.2) is 54.6 Å². The van der Waals surface area contributed by atoms with Gasteiger partial charge in [-0.1, -0.05) is 30.3 Å². The van der Waals surface area contributed by atoms with Crippen LogP contribution < -0.4 is 5.73 Å². The fourth-order valence-corrected chi connectivity index (χ4v) is 5.75. The van der Waals surface area contributed by atoms with Gasteiger partial charge in [-0.2, -0.15) is 0 Å². The molecule has 1 fully saturated rings. The van der Waals surface area contributed by atoms with E-state index in [0.29, 0.717) is 30.6 Å². The van der Waals surface area contributed by atoms with Gasteiger partial charge in [0.2, 0.25) is 0 Å². The molecule has 1 heterocycles. The van der Waals surface area contributed by atoms with Gasteiger partial charge in [-0.15, -0.1) is 11.3 Å². The molecule has 32 heavy (non-hydrogen) atoms. The summed E-state index contributed by atoms with van der Waals surface area (Å²) in [6.45, 7) is 0. The number of rotatable bonds is 6. The zero-order valence-corrected chi connectivity index (χ0v) is 19.0. The van der Waals surface area contributed by atoms with Crippen molar-refractivity contribution >= 4 is 33.3 Å². The molecule has 2 aromatic carbocycles. The highest BCUT2D eigenvalue weighted by atomic mass is 32.1. The second kappa shape index (κ2) is 9.00. The minimum Gasteiger partial charge on any atom is -0.445 e. The second-order valence-corrected chi connectivity index (χ2v) is 9.78. The molecule has 168 valence electrons. The summed E-state index contributed by atoms with van der Waals surface area (Å²) in [6, 6.07) is 16.1. The molecule has 7 heteroatoms. The number of ether oxygens (including phenoxy) is 1. The third-order valence-electron chi connectivity index (χ3n) is 6.39. The lowest BCUT2D eigenvalue weighted by atomic mass is 9.73. The van der Waals surface area contributed by atoms with E-state index in [1.54, 1.807) is 18.2 Å². The highest BCUT2D eigenvalue weighted by Crippen LogP contribution is 2.43. The smallest absolute Gasteiger partial charge is 0.349 e. The third kappa shape index (κ3) is 4.40. The third-order valence-corrected chi connectivity index (χ3v) is 7.49. The van der Waals surface area contributed by atoms with E-state index in [9.17, 15) is 14.0 Å². The number of thiophene rings is 1. The number of benzene rings is 2. The van der Waals surface area contributed by atoms with Crippen molar-refractivity contribution in [1.29, 1.82) is 0 Å². The lowest BCUT2D eigenvalue weighted by molar-refractivity contribution is -0.142. The molecule has 0 aliphatic heterocycles. The zero-order valence-electron chi connectivity index (χ0n) is 18.2. The standard InChI is InChI=1S/C25H27FN2O3S/c1-28(2)22(18-7-5-8-19(26)14-18)16-10-12-25(13-11-16,24(27)30)31-23(29)21-15-17-6-3-4-9-20(17)32-21/h3-9,14-16,22H,10-13H2,1-2H3,(H2,27,30). The molecule has 0 radical (unpaired) electrons. The van der Waals surface area contributed by atoms with E-state index in [-0.39, 0.29) is 17.8 Å². The Morgan fingerprint density at radius 1 is 1.12 bits per heavy atom. The zero-order chi connectivity index (χ0) is 22.9. The molecule has 1 aliphatic carbocycles. The van der Waals surface area contributed by atoms with E-state index in [1.807, 2.05) is 44.4 Å². The van der Waals surface area contributed by atoms with Crippen molar-refractivity contribution in [2.24, 2.45) is 11.7 Å². The van der Waals surface area contributed by atoms with Crippen LogP contribution in [0.4, 0.5) is 4.39 Å². The number of carbonyl (C=O) groups is 2. The SMILES string of the molecule is CN(C)C(c1cccc(F)c1)C1CCC(OC(=O)c2cc3ccccc3s2)(C(N)=O)CC1. The summed E-state index contributed by atoms with van der Waals surface area (Å²) in [4.78, 5) is 27.9. The first kappa shape index (κ1) is 22.4. The van der Waals surface area contributed by atoms with Crippen molar-refractivity contribution in [2.75, 3.05) is 14.1 Å². The molecule has 2 N–H and O–H groups in total. The predicted molar refractivity (Wildman–Crippen MR) is 124 cm³/mol. The van der Waals surface area contributed by atoms with Gasteiger partial charge in [0.15, 0.2) is 5.60 Å². The number of halogens is 1. The Bertz CT molecular complexity index is 1100. The number of amides is 1. The van der Waals surface area contributed by atoms with Crippen LogP contribution in [-0.2, 0) is 9.53 Å². The van der Waals surface area contributed by atoms with E-state index >= 15 is 0 Å². The Kier molecular flexibility index (Phi) is 6.31. The summed E-state index contributed by atoms with van der Waals surface area (Å²) in [5.41, 5.74) is 5.32. The Labute approximate surface area is 191 Å². The molecule has 0 spiro atoms. The quantitative estimate of drug-likeness (QED) is 0.537. The molecule has 1 atom stereocenters. The Morgan fingerprint density at radius 2 is 1.84 bits per heavy atom. The minimum absolute atomic E-state index is 0.00475. The molecule has 0 bridgehead atoms. The minimum atomic E-state index is -1.32. The number of esters is 1. The molecule has 0 saturated heterocycles. The molecular formula is C25H27FN2O3S. The van der Waals surface area contributed by atoms with E-state index in [4.69, 9.17) is 10.5 Å². The van der Waals surface area contributed by atoms with Gasteiger partial charge in [-0.25, -0.2) is 9.18 Å². The first-order valence-electron chi connectivity index (χ1n) is 10.7. The number of primary amides is 1. The average molecular weight is 455 g/mol. The van der Waals surface area contributed by atoms with Crippen LogP contribution in [0.1, 0.15) is 47.0 Å². The van der Waals surface area contributed by atoms with Crippen LogP contribution in [0.5, 0.6) is 0 Å². The molecule has 3 aromatic rings. The van der Waals surface area contributed by atoms with Gasteiger partial charge in [-0.3, -0.25) is 4.79 Å². The van der Waals surface area contributed by atoms with Gasteiger partial charge in [-0.05, 0) is 80.9 Å². The molecule has 1 aromatic heterocycles. The van der Waals surface area contributed by atoms with Crippen LogP contribution >= 0.6 is 11.3 Å². The maximum atomic E-state index is 13.8. The van der Waals surface area contributed by atoms with E-state index in [0.717, 1.165) is 15.6 Å². The fourth-order valence-electron chi connectivity index (χ4n) is 4.81. The summed E-state index contributed by atoms with van der Waals surface area (Å²) in [7, 11) is 3.93. The number of hydrogen-bond acceptors (Lipinski definition) is 5. The topological polar surface area (TPSA) is 72.6 Å². The van der Waals surface area contributed by atoms with Crippen molar-refractivity contribution in [2.45, 2.75) is 37.3 Å². The molecule has 1 amide bonds. The largest absolute Gasteiger partial charge is 0.445 e. The highest BCUT2D eigenvalue weighted by molar-refractivity contribution is 7.20. The fraction of sp³-hybridized carbons (Fsp3) is 0.360. The van der Waals surface area contributed by atoms with E-state index in [1.165, 1.54) is 17.4 Å². The van der Waals surface area contributed by atoms with Crippen LogP contribution in [0.3, 0.4) is 0 Å². The van der Waals surface area contributed by atoms with E-state index < -0.39 is 17.5 Å². The van der Waals surface area contributed by atoms with Gasteiger partial charge in [0.05, 0.1) is 0 Å². The number of hydrogen-bond donors (Lipinski definition) is 1. The van der Waals surface area contributed by atoms with Gasteiger partial charge >= 0.3 is 5.97 Å². The number of nitrogens with two attached hydrogens (primary N) is 1. The molecule has 4 rings (SSSR count). The van der Waals surface area contributed by atoms with Crippen LogP contribution in [0.2, 0.25) is 0 Å². The molecule has 1 aliphatic rings. The Hall–Kier alpha value is -2.77. The summed E-state index contributed by atoms with van der Waals surface area (Å²) in [5.74, 6) is -1.22. The second-order valence-electron chi connectivity index (χ2n) is 8.70. The molecule has 5 nitrogen and oxygen atoms in total. The van der Waals surface area contributed by atoms with E-state index in [2.05, 4.69) is 4.90 Å².